The molecule has 31 heavy (non-hydrogen) atoms. The molecule has 0 fully saturated rings. The summed E-state index contributed by atoms with van der Waals surface area (Å²) in [6, 6.07) is 15.7. The Kier molecular flexibility index (Phi) is 5.83. The van der Waals surface area contributed by atoms with Crippen molar-refractivity contribution in [2.24, 2.45) is 0 Å². The molecule has 1 atom stereocenters. The zero-order valence-corrected chi connectivity index (χ0v) is 20.0. The number of aryl methyl sites for hydroxylation is 2. The van der Waals surface area contributed by atoms with Crippen LogP contribution < -0.4 is 0 Å². The first-order valence-corrected chi connectivity index (χ1v) is 11.5. The lowest BCUT2D eigenvalue weighted by Gasteiger charge is -2.20. The summed E-state index contributed by atoms with van der Waals surface area (Å²) < 4.78 is 0. The van der Waals surface area contributed by atoms with E-state index in [4.69, 9.17) is 9.97 Å². The molecule has 0 bridgehead atoms. The van der Waals surface area contributed by atoms with Crippen molar-refractivity contribution < 1.29 is 0 Å². The Bertz CT molecular complexity index is 1250. The molecule has 0 aliphatic heterocycles. The first-order chi connectivity index (χ1) is 14.8. The second-order valence-corrected chi connectivity index (χ2v) is 9.69. The summed E-state index contributed by atoms with van der Waals surface area (Å²) in [6.45, 7) is 15.7. The van der Waals surface area contributed by atoms with Gasteiger partial charge >= 0.3 is 0 Å². The molecule has 4 rings (SSSR count). The average molecular weight is 411 g/mol. The Morgan fingerprint density at radius 1 is 0.806 bits per heavy atom. The van der Waals surface area contributed by atoms with Crippen molar-refractivity contribution in [3.8, 4) is 0 Å². The Morgan fingerprint density at radius 2 is 1.58 bits per heavy atom. The van der Waals surface area contributed by atoms with Gasteiger partial charge in [-0.05, 0) is 90.1 Å². The van der Waals surface area contributed by atoms with Gasteiger partial charge in [-0.1, -0.05) is 52.8 Å². The molecule has 2 aromatic carbocycles. The summed E-state index contributed by atoms with van der Waals surface area (Å²) in [5.74, 6) is 1.34. The highest BCUT2D eigenvalue weighted by molar-refractivity contribution is 5.85. The molecule has 1 unspecified atom stereocenters. The van der Waals surface area contributed by atoms with Crippen molar-refractivity contribution in [1.82, 2.24) is 9.97 Å². The maximum Gasteiger partial charge on any atom is 0.0708 e. The van der Waals surface area contributed by atoms with E-state index >= 15 is 0 Å². The number of fused-ring (bicyclic) bond motifs is 2. The predicted molar refractivity (Wildman–Crippen MR) is 133 cm³/mol. The molecule has 0 aliphatic rings. The SMILES string of the molecule is Cc1cc2c(C(C)C)c(CC(C)c3cnc4cccc(C(C)C)c4c3)ccc2nc1C. The van der Waals surface area contributed by atoms with Crippen LogP contribution in [0.2, 0.25) is 0 Å². The minimum absolute atomic E-state index is 0.395. The van der Waals surface area contributed by atoms with Crippen LogP contribution in [-0.4, -0.2) is 9.97 Å². The molecule has 4 aromatic rings. The van der Waals surface area contributed by atoms with Gasteiger partial charge in [0, 0.05) is 22.7 Å². The molecule has 0 amide bonds. The number of nitrogens with zero attached hydrogens (tertiary/aromatic N) is 2. The van der Waals surface area contributed by atoms with E-state index in [1.54, 1.807) is 0 Å². The summed E-state index contributed by atoms with van der Waals surface area (Å²) in [5, 5.41) is 2.60. The average Bonchev–Trinajstić information content (AvgIpc) is 2.73. The third-order valence-electron chi connectivity index (χ3n) is 6.65. The van der Waals surface area contributed by atoms with Gasteiger partial charge in [0.1, 0.15) is 0 Å². The van der Waals surface area contributed by atoms with Gasteiger partial charge in [0.25, 0.3) is 0 Å². The summed E-state index contributed by atoms with van der Waals surface area (Å²) >= 11 is 0. The maximum atomic E-state index is 4.85. The van der Waals surface area contributed by atoms with Crippen molar-refractivity contribution in [3.63, 3.8) is 0 Å². The molecule has 0 N–H and O–H groups in total. The van der Waals surface area contributed by atoms with E-state index in [1.807, 2.05) is 0 Å². The topological polar surface area (TPSA) is 25.8 Å². The Balaban J connectivity index is 1.76. The molecule has 0 aliphatic carbocycles. The summed E-state index contributed by atoms with van der Waals surface area (Å²) in [7, 11) is 0. The maximum absolute atomic E-state index is 4.85. The monoisotopic (exact) mass is 410 g/mol. The molecule has 2 aromatic heterocycles. The molecular formula is C29H34N2. The number of pyridine rings is 2. The molecule has 2 heterocycles. The largest absolute Gasteiger partial charge is 0.256 e. The van der Waals surface area contributed by atoms with Gasteiger partial charge in [0.05, 0.1) is 11.0 Å². The van der Waals surface area contributed by atoms with Crippen LogP contribution in [0, 0.1) is 13.8 Å². The number of benzene rings is 2. The summed E-state index contributed by atoms with van der Waals surface area (Å²) in [6.07, 6.45) is 3.08. The van der Waals surface area contributed by atoms with E-state index < -0.39 is 0 Å². The van der Waals surface area contributed by atoms with Crippen molar-refractivity contribution in [3.05, 3.63) is 82.2 Å². The molecular weight excluding hydrogens is 376 g/mol. The molecule has 0 spiro atoms. The third-order valence-corrected chi connectivity index (χ3v) is 6.65. The van der Waals surface area contributed by atoms with Crippen LogP contribution in [0.3, 0.4) is 0 Å². The molecule has 0 saturated carbocycles. The smallest absolute Gasteiger partial charge is 0.0708 e. The minimum Gasteiger partial charge on any atom is -0.256 e. The van der Waals surface area contributed by atoms with Crippen LogP contribution >= 0.6 is 0 Å². The van der Waals surface area contributed by atoms with Crippen molar-refractivity contribution in [2.45, 2.75) is 72.6 Å². The molecule has 160 valence electrons. The molecule has 0 saturated heterocycles. The van der Waals surface area contributed by atoms with E-state index in [9.17, 15) is 0 Å². The standard InChI is InChI=1S/C29H34N2/c1-17(2)24-9-8-10-27-25(24)15-23(16-30-27)20(6)13-22-11-12-28-26(29(22)18(3)4)14-19(5)21(7)31-28/h8-12,14-18,20H,13H2,1-7H3. The third kappa shape index (κ3) is 4.08. The van der Waals surface area contributed by atoms with Gasteiger partial charge in [0.15, 0.2) is 0 Å². The predicted octanol–water partition coefficient (Wildman–Crippen LogP) is 7.99. The van der Waals surface area contributed by atoms with Crippen LogP contribution in [0.4, 0.5) is 0 Å². The normalized spacial score (nSPS) is 12.9. The molecule has 2 nitrogen and oxygen atoms in total. The Labute approximate surface area is 186 Å². The van der Waals surface area contributed by atoms with Crippen LogP contribution in [0.15, 0.2) is 48.7 Å². The van der Waals surface area contributed by atoms with Crippen LogP contribution in [0.5, 0.6) is 0 Å². The lowest BCUT2D eigenvalue weighted by Crippen LogP contribution is -2.05. The fourth-order valence-electron chi connectivity index (χ4n) is 4.78. The number of aromatic nitrogens is 2. The van der Waals surface area contributed by atoms with Gasteiger partial charge in [-0.2, -0.15) is 0 Å². The van der Waals surface area contributed by atoms with Crippen LogP contribution in [-0.2, 0) is 6.42 Å². The van der Waals surface area contributed by atoms with Crippen molar-refractivity contribution in [2.75, 3.05) is 0 Å². The van der Waals surface area contributed by atoms with Crippen LogP contribution in [0.1, 0.15) is 85.9 Å². The summed E-state index contributed by atoms with van der Waals surface area (Å²) in [5.41, 5.74) is 10.1. The van der Waals surface area contributed by atoms with Gasteiger partial charge in [-0.15, -0.1) is 0 Å². The molecule has 0 radical (unpaired) electrons. The highest BCUT2D eigenvalue weighted by Crippen LogP contribution is 2.34. The highest BCUT2D eigenvalue weighted by atomic mass is 14.7. The molecule has 2 heteroatoms. The first-order valence-electron chi connectivity index (χ1n) is 11.5. The van der Waals surface area contributed by atoms with Gasteiger partial charge in [0.2, 0.25) is 0 Å². The quantitative estimate of drug-likeness (QED) is 0.333. The van der Waals surface area contributed by atoms with Crippen molar-refractivity contribution in [1.29, 1.82) is 0 Å². The van der Waals surface area contributed by atoms with Crippen LogP contribution in [0.25, 0.3) is 21.8 Å². The van der Waals surface area contributed by atoms with Gasteiger partial charge in [-0.3, -0.25) is 9.97 Å². The van der Waals surface area contributed by atoms with Crippen molar-refractivity contribution >= 4 is 21.8 Å². The van der Waals surface area contributed by atoms with E-state index in [0.29, 0.717) is 17.8 Å². The Morgan fingerprint density at radius 3 is 2.29 bits per heavy atom. The second kappa shape index (κ2) is 8.42. The minimum atomic E-state index is 0.395. The number of hydrogen-bond donors (Lipinski definition) is 0. The zero-order chi connectivity index (χ0) is 22.3. The number of rotatable bonds is 5. The lowest BCUT2D eigenvalue weighted by molar-refractivity contribution is 0.738. The fourth-order valence-corrected chi connectivity index (χ4v) is 4.78. The fraction of sp³-hybridized carbons (Fsp3) is 0.379. The lowest BCUT2D eigenvalue weighted by atomic mass is 9.85. The number of hydrogen-bond acceptors (Lipinski definition) is 2. The van der Waals surface area contributed by atoms with Gasteiger partial charge in [-0.25, -0.2) is 0 Å². The second-order valence-electron chi connectivity index (χ2n) is 9.69. The van der Waals surface area contributed by atoms with E-state index in [0.717, 1.165) is 23.1 Å². The first kappa shape index (κ1) is 21.5. The van der Waals surface area contributed by atoms with E-state index in [1.165, 1.54) is 38.6 Å². The summed E-state index contributed by atoms with van der Waals surface area (Å²) in [4.78, 5) is 9.65. The zero-order valence-electron chi connectivity index (χ0n) is 20.0. The van der Waals surface area contributed by atoms with Gasteiger partial charge < -0.3 is 0 Å². The highest BCUT2D eigenvalue weighted by Gasteiger charge is 2.17. The van der Waals surface area contributed by atoms with E-state index in [2.05, 4.69) is 97.1 Å². The Hall–Kier alpha value is -2.74. The van der Waals surface area contributed by atoms with E-state index in [-0.39, 0.29) is 0 Å².